The Morgan fingerprint density at radius 3 is 2.44 bits per heavy atom. The van der Waals surface area contributed by atoms with Gasteiger partial charge in [0.2, 0.25) is 0 Å². The first-order chi connectivity index (χ1) is 11.5. The number of ether oxygens (including phenoxy) is 3. The number of ketones is 1. The fraction of sp³-hybridized carbons (Fsp3) is 0.611. The maximum Gasteiger partial charge on any atom is 0.416 e. The lowest BCUT2D eigenvalue weighted by Crippen LogP contribution is -2.52. The third-order valence-electron chi connectivity index (χ3n) is 3.90. The maximum absolute atomic E-state index is 13.0. The Hall–Kier alpha value is -1.44. The van der Waals surface area contributed by atoms with Crippen LogP contribution in [0.2, 0.25) is 0 Å². The van der Waals surface area contributed by atoms with Gasteiger partial charge in [0.1, 0.15) is 12.2 Å². The van der Waals surface area contributed by atoms with Crippen LogP contribution < -0.4 is 0 Å². The van der Waals surface area contributed by atoms with Crippen molar-refractivity contribution in [2.45, 2.75) is 59.0 Å². The first-order valence-electron chi connectivity index (χ1n) is 8.04. The standard InChI is InChI=1S/C18H23F3O4/c1-11(22)15-14(10-24-16(25-15)17(2,3)4)23-9-12-7-5-6-8-13(12)18(19,20)21/h5-8,14-16H,9-10H2,1-4H3/t14?,15?,16-/m0/s1. The number of benzene rings is 1. The van der Waals surface area contributed by atoms with Crippen LogP contribution in [-0.4, -0.2) is 30.9 Å². The van der Waals surface area contributed by atoms with Gasteiger partial charge in [-0.25, -0.2) is 0 Å². The van der Waals surface area contributed by atoms with Gasteiger partial charge in [-0.15, -0.1) is 0 Å². The normalized spacial score (nSPS) is 25.0. The van der Waals surface area contributed by atoms with E-state index in [9.17, 15) is 18.0 Å². The summed E-state index contributed by atoms with van der Waals surface area (Å²) in [6.45, 7) is 6.91. The van der Waals surface area contributed by atoms with Crippen molar-refractivity contribution >= 4 is 5.78 Å². The van der Waals surface area contributed by atoms with E-state index in [1.807, 2.05) is 20.8 Å². The third-order valence-corrected chi connectivity index (χ3v) is 3.90. The topological polar surface area (TPSA) is 44.8 Å². The Morgan fingerprint density at radius 2 is 1.88 bits per heavy atom. The molecule has 2 unspecified atom stereocenters. The van der Waals surface area contributed by atoms with E-state index in [2.05, 4.69) is 0 Å². The summed E-state index contributed by atoms with van der Waals surface area (Å²) < 4.78 is 56.0. The Bertz CT molecular complexity index is 607. The maximum atomic E-state index is 13.0. The average Bonchev–Trinajstić information content (AvgIpc) is 2.51. The van der Waals surface area contributed by atoms with Crippen molar-refractivity contribution in [3.63, 3.8) is 0 Å². The van der Waals surface area contributed by atoms with Crippen LogP contribution in [0.1, 0.15) is 38.8 Å². The molecular weight excluding hydrogens is 337 g/mol. The third kappa shape index (κ3) is 5.03. The lowest BCUT2D eigenvalue weighted by Gasteiger charge is -2.40. The Kier molecular flexibility index (Phi) is 5.91. The molecule has 3 atom stereocenters. The van der Waals surface area contributed by atoms with Crippen molar-refractivity contribution in [1.29, 1.82) is 0 Å². The molecule has 1 aromatic rings. The molecule has 0 spiro atoms. The molecule has 0 aliphatic carbocycles. The number of carbonyl (C=O) groups is 1. The number of alkyl halides is 3. The van der Waals surface area contributed by atoms with Crippen molar-refractivity contribution in [3.8, 4) is 0 Å². The molecule has 1 aromatic carbocycles. The SMILES string of the molecule is CC(=O)C1O[C@@H](C(C)(C)C)OCC1OCc1ccccc1C(F)(F)F. The second-order valence-electron chi connectivity index (χ2n) is 7.20. The molecule has 1 aliphatic heterocycles. The minimum Gasteiger partial charge on any atom is -0.368 e. The van der Waals surface area contributed by atoms with Gasteiger partial charge in [0.15, 0.2) is 12.1 Å². The summed E-state index contributed by atoms with van der Waals surface area (Å²) >= 11 is 0. The predicted molar refractivity (Wildman–Crippen MR) is 84.8 cm³/mol. The van der Waals surface area contributed by atoms with Crippen LogP contribution in [0.4, 0.5) is 13.2 Å². The van der Waals surface area contributed by atoms with Gasteiger partial charge >= 0.3 is 6.18 Å². The molecule has 0 N–H and O–H groups in total. The van der Waals surface area contributed by atoms with Crippen molar-refractivity contribution in [2.24, 2.45) is 5.41 Å². The average molecular weight is 360 g/mol. The number of halogens is 3. The number of hydrogen-bond acceptors (Lipinski definition) is 4. The second-order valence-corrected chi connectivity index (χ2v) is 7.20. The highest BCUT2D eigenvalue weighted by Gasteiger charge is 2.41. The van der Waals surface area contributed by atoms with Gasteiger partial charge in [0.25, 0.3) is 0 Å². The summed E-state index contributed by atoms with van der Waals surface area (Å²) in [6.07, 6.45) is -6.66. The Labute approximate surface area is 145 Å². The molecule has 2 rings (SSSR count). The molecule has 25 heavy (non-hydrogen) atoms. The van der Waals surface area contributed by atoms with Crippen LogP contribution in [0, 0.1) is 5.41 Å². The van der Waals surface area contributed by atoms with Crippen LogP contribution in [0.5, 0.6) is 0 Å². The highest BCUT2D eigenvalue weighted by Crippen LogP contribution is 2.33. The zero-order chi connectivity index (χ0) is 18.8. The van der Waals surface area contributed by atoms with E-state index in [1.54, 1.807) is 0 Å². The van der Waals surface area contributed by atoms with E-state index in [0.717, 1.165) is 6.07 Å². The van der Waals surface area contributed by atoms with Gasteiger partial charge in [-0.1, -0.05) is 39.0 Å². The van der Waals surface area contributed by atoms with E-state index in [-0.39, 0.29) is 30.0 Å². The molecule has 0 amide bonds. The monoisotopic (exact) mass is 360 g/mol. The molecule has 1 saturated heterocycles. The lowest BCUT2D eigenvalue weighted by molar-refractivity contribution is -0.285. The van der Waals surface area contributed by atoms with Crippen molar-refractivity contribution in [1.82, 2.24) is 0 Å². The van der Waals surface area contributed by atoms with E-state index >= 15 is 0 Å². The summed E-state index contributed by atoms with van der Waals surface area (Å²) in [5, 5.41) is 0. The van der Waals surface area contributed by atoms with Crippen LogP contribution >= 0.6 is 0 Å². The highest BCUT2D eigenvalue weighted by atomic mass is 19.4. The lowest BCUT2D eigenvalue weighted by atomic mass is 9.94. The van der Waals surface area contributed by atoms with Gasteiger partial charge in [0, 0.05) is 5.41 Å². The van der Waals surface area contributed by atoms with Gasteiger partial charge in [0.05, 0.1) is 18.8 Å². The fourth-order valence-corrected chi connectivity index (χ4v) is 2.60. The minimum atomic E-state index is -4.46. The number of carbonyl (C=O) groups excluding carboxylic acids is 1. The zero-order valence-corrected chi connectivity index (χ0v) is 14.7. The fourth-order valence-electron chi connectivity index (χ4n) is 2.60. The molecule has 1 fully saturated rings. The molecular formula is C18H23F3O4. The molecule has 0 aromatic heterocycles. The van der Waals surface area contributed by atoms with Crippen molar-refractivity contribution < 1.29 is 32.2 Å². The molecule has 4 nitrogen and oxygen atoms in total. The molecule has 1 heterocycles. The van der Waals surface area contributed by atoms with E-state index in [4.69, 9.17) is 14.2 Å². The molecule has 0 saturated carbocycles. The van der Waals surface area contributed by atoms with Crippen molar-refractivity contribution in [3.05, 3.63) is 35.4 Å². The van der Waals surface area contributed by atoms with Gasteiger partial charge in [-0.2, -0.15) is 13.2 Å². The van der Waals surface area contributed by atoms with Gasteiger partial charge in [-0.05, 0) is 18.6 Å². The molecule has 140 valence electrons. The zero-order valence-electron chi connectivity index (χ0n) is 14.7. The first-order valence-corrected chi connectivity index (χ1v) is 8.04. The number of hydrogen-bond donors (Lipinski definition) is 0. The summed E-state index contributed by atoms with van der Waals surface area (Å²) in [5.41, 5.74) is -1.07. The van der Waals surface area contributed by atoms with E-state index in [0.29, 0.717) is 0 Å². The number of Topliss-reactive ketones (excluding diaryl/α,β-unsaturated/α-hetero) is 1. The van der Waals surface area contributed by atoms with Crippen LogP contribution in [0.25, 0.3) is 0 Å². The van der Waals surface area contributed by atoms with Gasteiger partial charge in [-0.3, -0.25) is 4.79 Å². The van der Waals surface area contributed by atoms with Gasteiger partial charge < -0.3 is 14.2 Å². The largest absolute Gasteiger partial charge is 0.416 e. The minimum absolute atomic E-state index is 0.00949. The van der Waals surface area contributed by atoms with Crippen LogP contribution in [0.15, 0.2) is 24.3 Å². The second kappa shape index (κ2) is 7.43. The summed E-state index contributed by atoms with van der Waals surface area (Å²) in [7, 11) is 0. The summed E-state index contributed by atoms with van der Waals surface area (Å²) in [5.74, 6) is -0.244. The first kappa shape index (κ1) is 19.9. The molecule has 0 bridgehead atoms. The highest BCUT2D eigenvalue weighted by molar-refractivity contribution is 5.81. The predicted octanol–water partition coefficient (Wildman–Crippen LogP) is 3.97. The Morgan fingerprint density at radius 1 is 1.24 bits per heavy atom. The molecule has 0 radical (unpaired) electrons. The molecule has 1 aliphatic rings. The van der Waals surface area contributed by atoms with E-state index in [1.165, 1.54) is 25.1 Å². The molecule has 7 heteroatoms. The van der Waals surface area contributed by atoms with Crippen LogP contribution in [-0.2, 0) is 31.8 Å². The summed E-state index contributed by atoms with van der Waals surface area (Å²) in [4.78, 5) is 11.9. The van der Waals surface area contributed by atoms with Crippen LogP contribution in [0.3, 0.4) is 0 Å². The smallest absolute Gasteiger partial charge is 0.368 e. The quantitative estimate of drug-likeness (QED) is 0.815. The van der Waals surface area contributed by atoms with E-state index < -0.39 is 30.2 Å². The van der Waals surface area contributed by atoms with Crippen molar-refractivity contribution in [2.75, 3.05) is 6.61 Å². The number of rotatable bonds is 4. The Balaban J connectivity index is 2.09. The summed E-state index contributed by atoms with van der Waals surface area (Å²) in [6, 6.07) is 5.20.